The molecule has 0 heterocycles. The van der Waals surface area contributed by atoms with Gasteiger partial charge in [0.05, 0.1) is 0 Å². The van der Waals surface area contributed by atoms with Gasteiger partial charge in [0.2, 0.25) is 0 Å². The molecule has 0 radical (unpaired) electrons. The first-order chi connectivity index (χ1) is 8.30. The number of hydrogen-bond acceptors (Lipinski definition) is 1. The van der Waals surface area contributed by atoms with E-state index in [1.807, 2.05) is 0 Å². The molecular formula is C16H27N. The monoisotopic (exact) mass is 233 g/mol. The average Bonchev–Trinajstić information content (AvgIpc) is 2.37. The Morgan fingerprint density at radius 1 is 0.882 bits per heavy atom. The molecule has 0 bridgehead atoms. The summed E-state index contributed by atoms with van der Waals surface area (Å²) < 4.78 is 0. The summed E-state index contributed by atoms with van der Waals surface area (Å²) >= 11 is 0. The standard InChI is InChI=1S/C16H27N/c1-4-7-16(8-5-2)17-13-15-11-9-14(6-3)10-12-15/h9-12,16-17H,4-8,13H2,1-3H3. The smallest absolute Gasteiger partial charge is 0.0208 e. The van der Waals surface area contributed by atoms with Gasteiger partial charge in [-0.3, -0.25) is 0 Å². The third-order valence-electron chi connectivity index (χ3n) is 3.30. The minimum Gasteiger partial charge on any atom is -0.310 e. The molecule has 0 fully saturated rings. The zero-order valence-electron chi connectivity index (χ0n) is 11.6. The minimum atomic E-state index is 0.691. The van der Waals surface area contributed by atoms with Gasteiger partial charge in [0.1, 0.15) is 0 Å². The minimum absolute atomic E-state index is 0.691. The predicted molar refractivity (Wildman–Crippen MR) is 76.3 cm³/mol. The van der Waals surface area contributed by atoms with Crippen molar-refractivity contribution in [3.05, 3.63) is 35.4 Å². The normalized spacial score (nSPS) is 11.1. The Kier molecular flexibility index (Phi) is 6.95. The van der Waals surface area contributed by atoms with Gasteiger partial charge < -0.3 is 5.32 Å². The lowest BCUT2D eigenvalue weighted by Crippen LogP contribution is -2.28. The topological polar surface area (TPSA) is 12.0 Å². The second-order valence-electron chi connectivity index (χ2n) is 4.83. The summed E-state index contributed by atoms with van der Waals surface area (Å²) in [7, 11) is 0. The third kappa shape index (κ3) is 5.36. The molecule has 1 N–H and O–H groups in total. The van der Waals surface area contributed by atoms with Gasteiger partial charge in [-0.2, -0.15) is 0 Å². The van der Waals surface area contributed by atoms with Crippen LogP contribution in [0, 0.1) is 0 Å². The Balaban J connectivity index is 2.41. The molecule has 0 saturated carbocycles. The third-order valence-corrected chi connectivity index (χ3v) is 3.30. The van der Waals surface area contributed by atoms with Crippen molar-refractivity contribution in [1.29, 1.82) is 0 Å². The van der Waals surface area contributed by atoms with E-state index in [0.29, 0.717) is 6.04 Å². The second kappa shape index (κ2) is 8.30. The highest BCUT2D eigenvalue weighted by Crippen LogP contribution is 2.08. The Labute approximate surface area is 107 Å². The van der Waals surface area contributed by atoms with E-state index in [9.17, 15) is 0 Å². The molecule has 0 spiro atoms. The number of aryl methyl sites for hydroxylation is 1. The maximum atomic E-state index is 3.68. The molecule has 0 atom stereocenters. The maximum absolute atomic E-state index is 3.68. The van der Waals surface area contributed by atoms with Crippen LogP contribution in [0.3, 0.4) is 0 Å². The molecule has 1 aromatic rings. The van der Waals surface area contributed by atoms with Crippen molar-refractivity contribution in [3.8, 4) is 0 Å². The van der Waals surface area contributed by atoms with Gasteiger partial charge in [0.25, 0.3) is 0 Å². The van der Waals surface area contributed by atoms with Crippen LogP contribution in [0.4, 0.5) is 0 Å². The van der Waals surface area contributed by atoms with Crippen LogP contribution in [-0.2, 0) is 13.0 Å². The zero-order chi connectivity index (χ0) is 12.5. The molecule has 0 amide bonds. The predicted octanol–water partition coefficient (Wildman–Crippen LogP) is 4.31. The fourth-order valence-electron chi connectivity index (χ4n) is 2.20. The number of hydrogen-bond donors (Lipinski definition) is 1. The summed E-state index contributed by atoms with van der Waals surface area (Å²) in [6.07, 6.45) is 6.25. The van der Waals surface area contributed by atoms with Crippen molar-refractivity contribution in [1.82, 2.24) is 5.32 Å². The van der Waals surface area contributed by atoms with E-state index in [0.717, 1.165) is 13.0 Å². The molecule has 1 nitrogen and oxygen atoms in total. The van der Waals surface area contributed by atoms with Crippen LogP contribution in [-0.4, -0.2) is 6.04 Å². The van der Waals surface area contributed by atoms with E-state index in [1.54, 1.807) is 0 Å². The summed E-state index contributed by atoms with van der Waals surface area (Å²) in [5.41, 5.74) is 2.83. The van der Waals surface area contributed by atoms with Gasteiger partial charge in [0.15, 0.2) is 0 Å². The van der Waals surface area contributed by atoms with Gasteiger partial charge in [0, 0.05) is 12.6 Å². The van der Waals surface area contributed by atoms with Crippen molar-refractivity contribution in [3.63, 3.8) is 0 Å². The van der Waals surface area contributed by atoms with E-state index in [-0.39, 0.29) is 0 Å². The fraction of sp³-hybridized carbons (Fsp3) is 0.625. The Hall–Kier alpha value is -0.820. The van der Waals surface area contributed by atoms with Crippen molar-refractivity contribution in [2.24, 2.45) is 0 Å². The zero-order valence-corrected chi connectivity index (χ0v) is 11.6. The Morgan fingerprint density at radius 2 is 1.41 bits per heavy atom. The molecule has 1 rings (SSSR count). The SMILES string of the molecule is CCCC(CCC)NCc1ccc(CC)cc1. The van der Waals surface area contributed by atoms with Crippen molar-refractivity contribution in [2.75, 3.05) is 0 Å². The molecule has 17 heavy (non-hydrogen) atoms. The van der Waals surface area contributed by atoms with Crippen LogP contribution < -0.4 is 5.32 Å². The molecule has 96 valence electrons. The lowest BCUT2D eigenvalue weighted by Gasteiger charge is -2.17. The van der Waals surface area contributed by atoms with Gasteiger partial charge in [-0.25, -0.2) is 0 Å². The number of nitrogens with one attached hydrogen (secondary N) is 1. The van der Waals surface area contributed by atoms with Crippen LogP contribution in [0.1, 0.15) is 57.6 Å². The highest BCUT2D eigenvalue weighted by Gasteiger charge is 2.05. The summed E-state index contributed by atoms with van der Waals surface area (Å²) in [5, 5.41) is 3.68. The molecule has 0 saturated heterocycles. The maximum Gasteiger partial charge on any atom is 0.0208 e. The van der Waals surface area contributed by atoms with Gasteiger partial charge in [-0.1, -0.05) is 57.9 Å². The molecule has 0 aromatic heterocycles. The van der Waals surface area contributed by atoms with Crippen LogP contribution >= 0.6 is 0 Å². The summed E-state index contributed by atoms with van der Waals surface area (Å²) in [6.45, 7) is 7.74. The van der Waals surface area contributed by atoms with Gasteiger partial charge in [-0.05, 0) is 30.4 Å². The first-order valence-corrected chi connectivity index (χ1v) is 7.11. The van der Waals surface area contributed by atoms with Crippen molar-refractivity contribution < 1.29 is 0 Å². The Bertz CT molecular complexity index is 283. The first kappa shape index (κ1) is 14.2. The van der Waals surface area contributed by atoms with Crippen LogP contribution in [0.15, 0.2) is 24.3 Å². The highest BCUT2D eigenvalue weighted by atomic mass is 14.9. The van der Waals surface area contributed by atoms with E-state index in [2.05, 4.69) is 50.4 Å². The summed E-state index contributed by atoms with van der Waals surface area (Å²) in [6, 6.07) is 9.68. The van der Waals surface area contributed by atoms with Gasteiger partial charge in [-0.15, -0.1) is 0 Å². The van der Waals surface area contributed by atoms with Crippen molar-refractivity contribution in [2.45, 2.75) is 65.5 Å². The van der Waals surface area contributed by atoms with E-state index >= 15 is 0 Å². The highest BCUT2D eigenvalue weighted by molar-refractivity contribution is 5.22. The van der Waals surface area contributed by atoms with E-state index in [1.165, 1.54) is 36.8 Å². The van der Waals surface area contributed by atoms with Crippen LogP contribution in [0.25, 0.3) is 0 Å². The molecule has 1 aromatic carbocycles. The molecule has 0 unspecified atom stereocenters. The lowest BCUT2D eigenvalue weighted by molar-refractivity contribution is 0.443. The largest absolute Gasteiger partial charge is 0.310 e. The van der Waals surface area contributed by atoms with E-state index in [4.69, 9.17) is 0 Å². The second-order valence-corrected chi connectivity index (χ2v) is 4.83. The lowest BCUT2D eigenvalue weighted by atomic mass is 10.1. The fourth-order valence-corrected chi connectivity index (χ4v) is 2.20. The molecule has 0 aliphatic heterocycles. The summed E-state index contributed by atoms with van der Waals surface area (Å²) in [5.74, 6) is 0. The van der Waals surface area contributed by atoms with Gasteiger partial charge >= 0.3 is 0 Å². The van der Waals surface area contributed by atoms with Crippen LogP contribution in [0.2, 0.25) is 0 Å². The molecule has 0 aliphatic rings. The number of rotatable bonds is 8. The first-order valence-electron chi connectivity index (χ1n) is 7.11. The molecular weight excluding hydrogens is 206 g/mol. The molecule has 0 aliphatic carbocycles. The average molecular weight is 233 g/mol. The van der Waals surface area contributed by atoms with E-state index < -0.39 is 0 Å². The van der Waals surface area contributed by atoms with Crippen LogP contribution in [0.5, 0.6) is 0 Å². The Morgan fingerprint density at radius 3 is 1.88 bits per heavy atom. The van der Waals surface area contributed by atoms with Crippen molar-refractivity contribution >= 4 is 0 Å². The molecule has 1 heteroatoms. The number of benzene rings is 1. The quantitative estimate of drug-likeness (QED) is 0.705. The summed E-state index contributed by atoms with van der Waals surface area (Å²) in [4.78, 5) is 0.